The molecule has 0 aromatic carbocycles. The van der Waals surface area contributed by atoms with Gasteiger partial charge in [-0.05, 0) is 76.2 Å². The maximum absolute atomic E-state index is 10.4. The van der Waals surface area contributed by atoms with Gasteiger partial charge in [0, 0.05) is 5.92 Å². The Bertz CT molecular complexity index is 496. The van der Waals surface area contributed by atoms with E-state index in [9.17, 15) is 5.11 Å². The second-order valence-electron chi connectivity index (χ2n) is 7.57. The average molecular weight is 302 g/mol. The van der Waals surface area contributed by atoms with E-state index in [1.165, 1.54) is 36.0 Å². The number of rotatable bonds is 3. The Kier molecular flexibility index (Phi) is 4.89. The molecule has 0 amide bonds. The molecule has 3 aliphatic rings. The molecule has 0 aromatic heterocycles. The summed E-state index contributed by atoms with van der Waals surface area (Å²) in [6.45, 7) is 7.25. The Hall–Kier alpha value is -0.860. The summed E-state index contributed by atoms with van der Waals surface area (Å²) in [5, 5.41) is 10.4. The van der Waals surface area contributed by atoms with Crippen LogP contribution in [0.15, 0.2) is 34.9 Å². The Balaban J connectivity index is 1.81. The van der Waals surface area contributed by atoms with Crippen LogP contribution in [0.25, 0.3) is 0 Å². The van der Waals surface area contributed by atoms with Gasteiger partial charge in [-0.25, -0.2) is 0 Å². The highest BCUT2D eigenvalue weighted by molar-refractivity contribution is 5.21. The van der Waals surface area contributed by atoms with Crippen molar-refractivity contribution in [2.75, 3.05) is 6.61 Å². The van der Waals surface area contributed by atoms with E-state index in [1.54, 1.807) is 0 Å². The molecule has 5 unspecified atom stereocenters. The van der Waals surface area contributed by atoms with Crippen molar-refractivity contribution in [3.05, 3.63) is 34.9 Å². The van der Waals surface area contributed by atoms with Crippen LogP contribution in [0.2, 0.25) is 0 Å². The summed E-state index contributed by atoms with van der Waals surface area (Å²) in [6, 6.07) is 0. The highest BCUT2D eigenvalue weighted by Gasteiger charge is 2.48. The van der Waals surface area contributed by atoms with Gasteiger partial charge in [0.15, 0.2) is 6.29 Å². The summed E-state index contributed by atoms with van der Waals surface area (Å²) >= 11 is 0. The van der Waals surface area contributed by atoms with Crippen molar-refractivity contribution in [2.45, 2.75) is 59.2 Å². The molecule has 2 nitrogen and oxygen atoms in total. The summed E-state index contributed by atoms with van der Waals surface area (Å²) < 4.78 is 5.56. The van der Waals surface area contributed by atoms with Gasteiger partial charge in [0.2, 0.25) is 0 Å². The van der Waals surface area contributed by atoms with Gasteiger partial charge < -0.3 is 9.84 Å². The molecule has 0 aromatic rings. The molecule has 0 bridgehead atoms. The first kappa shape index (κ1) is 16.0. The third-order valence-corrected chi connectivity index (χ3v) is 5.92. The molecule has 0 spiro atoms. The van der Waals surface area contributed by atoms with Crippen molar-refractivity contribution in [2.24, 2.45) is 23.7 Å². The largest absolute Gasteiger partial charge is 0.367 e. The van der Waals surface area contributed by atoms with Crippen molar-refractivity contribution < 1.29 is 9.84 Å². The minimum absolute atomic E-state index is 0.242. The Morgan fingerprint density at radius 2 is 2.05 bits per heavy atom. The third-order valence-electron chi connectivity index (χ3n) is 5.92. The molecule has 2 heteroatoms. The maximum atomic E-state index is 10.4. The first-order valence-electron chi connectivity index (χ1n) is 8.86. The van der Waals surface area contributed by atoms with Crippen LogP contribution in [0.5, 0.6) is 0 Å². The van der Waals surface area contributed by atoms with E-state index in [4.69, 9.17) is 4.74 Å². The second-order valence-corrected chi connectivity index (χ2v) is 7.57. The number of fused-ring (bicyclic) bond motifs is 3. The Morgan fingerprint density at radius 3 is 2.82 bits per heavy atom. The molecule has 22 heavy (non-hydrogen) atoms. The van der Waals surface area contributed by atoms with Gasteiger partial charge >= 0.3 is 0 Å². The fraction of sp³-hybridized carbons (Fsp3) is 0.700. The lowest BCUT2D eigenvalue weighted by Gasteiger charge is -2.31. The zero-order valence-corrected chi connectivity index (χ0v) is 14.2. The molecule has 1 aliphatic heterocycles. The van der Waals surface area contributed by atoms with Crippen molar-refractivity contribution in [1.29, 1.82) is 0 Å². The molecule has 1 heterocycles. The lowest BCUT2D eigenvalue weighted by Crippen LogP contribution is -2.31. The molecule has 2 fully saturated rings. The maximum Gasteiger partial charge on any atom is 0.161 e. The number of allylic oxidation sites excluding steroid dienone is 5. The molecule has 0 radical (unpaired) electrons. The topological polar surface area (TPSA) is 29.5 Å². The van der Waals surface area contributed by atoms with Crippen molar-refractivity contribution in [3.63, 3.8) is 0 Å². The van der Waals surface area contributed by atoms with Crippen LogP contribution in [0, 0.1) is 23.7 Å². The molecular formula is C20H30O2. The monoisotopic (exact) mass is 302 g/mol. The molecule has 3 rings (SSSR count). The van der Waals surface area contributed by atoms with Gasteiger partial charge in [0.1, 0.15) is 0 Å². The Morgan fingerprint density at radius 1 is 1.23 bits per heavy atom. The van der Waals surface area contributed by atoms with E-state index < -0.39 is 6.29 Å². The predicted molar refractivity (Wildman–Crippen MR) is 90.3 cm³/mol. The van der Waals surface area contributed by atoms with Crippen LogP contribution in [0.3, 0.4) is 0 Å². The first-order valence-corrected chi connectivity index (χ1v) is 8.86. The summed E-state index contributed by atoms with van der Waals surface area (Å²) in [6.07, 6.45) is 12.5. The third kappa shape index (κ3) is 3.09. The van der Waals surface area contributed by atoms with Crippen LogP contribution >= 0.6 is 0 Å². The van der Waals surface area contributed by atoms with Crippen LogP contribution in [-0.4, -0.2) is 18.0 Å². The molecular weight excluding hydrogens is 272 g/mol. The fourth-order valence-corrected chi connectivity index (χ4v) is 4.83. The number of aliphatic hydroxyl groups excluding tert-OH is 1. The van der Waals surface area contributed by atoms with Crippen molar-refractivity contribution in [1.82, 2.24) is 0 Å². The molecule has 2 aliphatic carbocycles. The number of hydrogen-bond acceptors (Lipinski definition) is 2. The quantitative estimate of drug-likeness (QED) is 0.771. The van der Waals surface area contributed by atoms with Crippen LogP contribution in [0.4, 0.5) is 0 Å². The zero-order valence-electron chi connectivity index (χ0n) is 14.2. The minimum Gasteiger partial charge on any atom is -0.367 e. The number of aliphatic hydroxyl groups is 1. The lowest BCUT2D eigenvalue weighted by atomic mass is 9.74. The summed E-state index contributed by atoms with van der Waals surface area (Å²) in [5.41, 5.74) is 4.27. The molecule has 1 N–H and O–H groups in total. The van der Waals surface area contributed by atoms with Gasteiger partial charge in [0.25, 0.3) is 0 Å². The Labute approximate surface area is 134 Å². The molecule has 1 saturated carbocycles. The summed E-state index contributed by atoms with van der Waals surface area (Å²) in [5.74, 6) is 2.20. The summed E-state index contributed by atoms with van der Waals surface area (Å²) in [7, 11) is 0. The van der Waals surface area contributed by atoms with Crippen molar-refractivity contribution in [3.8, 4) is 0 Å². The normalized spacial score (nSPS) is 38.1. The first-order chi connectivity index (χ1) is 10.6. The van der Waals surface area contributed by atoms with Gasteiger partial charge in [-0.3, -0.25) is 0 Å². The van der Waals surface area contributed by atoms with E-state index in [0.29, 0.717) is 18.4 Å². The smallest absolute Gasteiger partial charge is 0.161 e. The molecule has 5 atom stereocenters. The molecule has 1 saturated heterocycles. The number of ether oxygens (including phenoxy) is 1. The van der Waals surface area contributed by atoms with E-state index in [-0.39, 0.29) is 5.92 Å². The van der Waals surface area contributed by atoms with E-state index in [0.717, 1.165) is 18.8 Å². The van der Waals surface area contributed by atoms with E-state index in [1.807, 2.05) is 0 Å². The predicted octanol–water partition coefficient (Wildman–Crippen LogP) is 4.62. The number of hydrogen-bond donors (Lipinski definition) is 1. The highest BCUT2D eigenvalue weighted by Crippen LogP contribution is 2.52. The van der Waals surface area contributed by atoms with Gasteiger partial charge in [-0.15, -0.1) is 0 Å². The van der Waals surface area contributed by atoms with Crippen LogP contribution in [-0.2, 0) is 4.74 Å². The van der Waals surface area contributed by atoms with Crippen LogP contribution in [0.1, 0.15) is 52.9 Å². The van der Waals surface area contributed by atoms with E-state index in [2.05, 4.69) is 39.0 Å². The van der Waals surface area contributed by atoms with Crippen molar-refractivity contribution >= 4 is 0 Å². The SMILES string of the molecule is CC(C)=CCC=C(C)C1CCC2CCC=C3COC(O)C3C21. The van der Waals surface area contributed by atoms with E-state index >= 15 is 0 Å². The fourth-order valence-electron chi connectivity index (χ4n) is 4.83. The summed E-state index contributed by atoms with van der Waals surface area (Å²) in [4.78, 5) is 0. The minimum atomic E-state index is -0.581. The van der Waals surface area contributed by atoms with Gasteiger partial charge in [-0.2, -0.15) is 0 Å². The molecule has 122 valence electrons. The second kappa shape index (κ2) is 6.72. The standard InChI is InChI=1S/C20H30O2/c1-13(2)6-4-7-14(3)17-11-10-15-8-5-9-16-12-22-20(21)19(16)18(15)17/h6-7,9,15,17-21H,4-5,8,10-12H2,1-3H3. The van der Waals surface area contributed by atoms with Gasteiger partial charge in [-0.1, -0.05) is 29.4 Å². The lowest BCUT2D eigenvalue weighted by molar-refractivity contribution is -0.0981. The van der Waals surface area contributed by atoms with Gasteiger partial charge in [0.05, 0.1) is 6.61 Å². The average Bonchev–Trinajstić information content (AvgIpc) is 2.97. The van der Waals surface area contributed by atoms with Crippen LogP contribution < -0.4 is 0 Å². The zero-order chi connectivity index (χ0) is 15.7. The highest BCUT2D eigenvalue weighted by atomic mass is 16.6.